The number of carbonyl (C=O) groups excluding carboxylic acids is 1. The van der Waals surface area contributed by atoms with E-state index in [0.717, 1.165) is 19.3 Å². The van der Waals surface area contributed by atoms with Gasteiger partial charge in [0.05, 0.1) is 13.0 Å². The van der Waals surface area contributed by atoms with E-state index in [9.17, 15) is 4.79 Å². The van der Waals surface area contributed by atoms with Crippen LogP contribution in [0.25, 0.3) is 0 Å². The van der Waals surface area contributed by atoms with E-state index in [4.69, 9.17) is 4.74 Å². The molecule has 0 spiro atoms. The van der Waals surface area contributed by atoms with Crippen LogP contribution in [0.4, 0.5) is 0 Å². The van der Waals surface area contributed by atoms with Crippen molar-refractivity contribution in [3.63, 3.8) is 0 Å². The van der Waals surface area contributed by atoms with Crippen LogP contribution in [0.1, 0.15) is 32.1 Å². The summed E-state index contributed by atoms with van der Waals surface area (Å²) in [7, 11) is 1.49. The van der Waals surface area contributed by atoms with E-state index in [1.165, 1.54) is 20.0 Å². The predicted octanol–water partition coefficient (Wildman–Crippen LogP) is 1.08. The molecule has 2 fully saturated rings. The molecule has 0 unspecified atom stereocenters. The van der Waals surface area contributed by atoms with E-state index < -0.39 is 0 Å². The Bertz CT molecular complexity index is 205. The first kappa shape index (κ1) is 9.00. The Morgan fingerprint density at radius 2 is 2.15 bits per heavy atom. The lowest BCUT2D eigenvalue weighted by molar-refractivity contribution is -0.146. The molecular formula is C10H17NO2. The van der Waals surface area contributed by atoms with E-state index in [0.29, 0.717) is 12.1 Å². The lowest BCUT2D eigenvalue weighted by atomic mass is 9.91. The van der Waals surface area contributed by atoms with Gasteiger partial charge in [0.1, 0.15) is 0 Å². The van der Waals surface area contributed by atoms with E-state index >= 15 is 0 Å². The Kier molecular flexibility index (Phi) is 2.54. The third-order valence-electron chi connectivity index (χ3n) is 3.33. The first-order chi connectivity index (χ1) is 6.31. The zero-order valence-electron chi connectivity index (χ0n) is 8.08. The zero-order chi connectivity index (χ0) is 9.26. The minimum absolute atomic E-state index is 0.0277. The maximum Gasteiger partial charge on any atom is 0.310 e. The van der Waals surface area contributed by atoms with Gasteiger partial charge in [-0.3, -0.25) is 4.79 Å². The summed E-state index contributed by atoms with van der Waals surface area (Å²) in [5.74, 6) is 0.0811. The van der Waals surface area contributed by atoms with Crippen LogP contribution >= 0.6 is 0 Å². The molecule has 0 aromatic rings. The van der Waals surface area contributed by atoms with Gasteiger partial charge in [0, 0.05) is 12.1 Å². The summed E-state index contributed by atoms with van der Waals surface area (Å²) in [6.45, 7) is 0. The number of carbonyl (C=O) groups is 1. The van der Waals surface area contributed by atoms with Crippen molar-refractivity contribution in [3.8, 4) is 0 Å². The van der Waals surface area contributed by atoms with Gasteiger partial charge < -0.3 is 10.1 Å². The molecule has 0 saturated carbocycles. The van der Waals surface area contributed by atoms with Crippen LogP contribution < -0.4 is 5.32 Å². The molecule has 0 amide bonds. The van der Waals surface area contributed by atoms with Crippen molar-refractivity contribution in [3.05, 3.63) is 0 Å². The van der Waals surface area contributed by atoms with Crippen molar-refractivity contribution in [2.75, 3.05) is 7.11 Å². The Labute approximate surface area is 78.8 Å². The van der Waals surface area contributed by atoms with Gasteiger partial charge in [-0.2, -0.15) is 0 Å². The molecule has 3 heteroatoms. The van der Waals surface area contributed by atoms with Crippen molar-refractivity contribution in [2.24, 2.45) is 5.92 Å². The number of fused-ring (bicyclic) bond motifs is 2. The SMILES string of the molecule is COC(=O)[C@H]1CCC[C@H]2CC[C@@H]1N2. The molecular weight excluding hydrogens is 166 g/mol. The average molecular weight is 183 g/mol. The standard InChI is InChI=1S/C10H17NO2/c1-13-10(12)8-4-2-3-7-5-6-9(8)11-7/h7-9,11H,2-6H2,1H3/t7-,8-,9-/m0/s1. The molecule has 2 aliphatic heterocycles. The van der Waals surface area contributed by atoms with Gasteiger partial charge in [0.15, 0.2) is 0 Å². The summed E-state index contributed by atoms with van der Waals surface area (Å²) in [6, 6.07) is 1.06. The fourth-order valence-electron chi connectivity index (χ4n) is 2.61. The molecule has 3 atom stereocenters. The summed E-state index contributed by atoms with van der Waals surface area (Å²) in [5.41, 5.74) is 0. The second-order valence-electron chi connectivity index (χ2n) is 4.11. The number of hydrogen-bond acceptors (Lipinski definition) is 3. The Morgan fingerprint density at radius 3 is 2.92 bits per heavy atom. The van der Waals surface area contributed by atoms with Gasteiger partial charge >= 0.3 is 5.97 Å². The van der Waals surface area contributed by atoms with Crippen LogP contribution in [0.15, 0.2) is 0 Å². The second kappa shape index (κ2) is 3.66. The molecule has 3 nitrogen and oxygen atoms in total. The highest BCUT2D eigenvalue weighted by Crippen LogP contribution is 2.30. The van der Waals surface area contributed by atoms with Gasteiger partial charge in [-0.05, 0) is 25.7 Å². The van der Waals surface area contributed by atoms with Crippen LogP contribution in [-0.2, 0) is 9.53 Å². The highest BCUT2D eigenvalue weighted by atomic mass is 16.5. The minimum atomic E-state index is -0.0277. The van der Waals surface area contributed by atoms with Gasteiger partial charge in [0.2, 0.25) is 0 Å². The number of methoxy groups -OCH3 is 1. The van der Waals surface area contributed by atoms with Gasteiger partial charge in [-0.25, -0.2) is 0 Å². The molecule has 2 aliphatic rings. The highest BCUT2D eigenvalue weighted by Gasteiger charge is 2.36. The summed E-state index contributed by atoms with van der Waals surface area (Å²) >= 11 is 0. The molecule has 2 rings (SSSR count). The van der Waals surface area contributed by atoms with Crippen LogP contribution in [0.5, 0.6) is 0 Å². The molecule has 2 bridgehead atoms. The number of ether oxygens (including phenoxy) is 1. The molecule has 2 saturated heterocycles. The summed E-state index contributed by atoms with van der Waals surface area (Å²) in [6.07, 6.45) is 5.77. The van der Waals surface area contributed by atoms with E-state index in [-0.39, 0.29) is 11.9 Å². The maximum absolute atomic E-state index is 11.4. The topological polar surface area (TPSA) is 38.3 Å². The molecule has 1 N–H and O–H groups in total. The molecule has 13 heavy (non-hydrogen) atoms. The summed E-state index contributed by atoms with van der Waals surface area (Å²) in [5, 5.41) is 3.52. The zero-order valence-corrected chi connectivity index (χ0v) is 8.08. The molecule has 0 aliphatic carbocycles. The smallest absolute Gasteiger partial charge is 0.310 e. The van der Waals surface area contributed by atoms with Crippen molar-refractivity contribution in [1.29, 1.82) is 0 Å². The third kappa shape index (κ3) is 1.70. The van der Waals surface area contributed by atoms with Crippen LogP contribution in [0.2, 0.25) is 0 Å². The van der Waals surface area contributed by atoms with Crippen molar-refractivity contribution < 1.29 is 9.53 Å². The van der Waals surface area contributed by atoms with Crippen LogP contribution in [0, 0.1) is 5.92 Å². The monoisotopic (exact) mass is 183 g/mol. The second-order valence-corrected chi connectivity index (χ2v) is 4.11. The largest absolute Gasteiger partial charge is 0.469 e. The van der Waals surface area contributed by atoms with E-state index in [1.807, 2.05) is 0 Å². The number of esters is 1. The van der Waals surface area contributed by atoms with Crippen LogP contribution in [0.3, 0.4) is 0 Å². The summed E-state index contributed by atoms with van der Waals surface area (Å²) in [4.78, 5) is 11.4. The van der Waals surface area contributed by atoms with Crippen molar-refractivity contribution in [1.82, 2.24) is 5.32 Å². The fraction of sp³-hybridized carbons (Fsp3) is 0.900. The van der Waals surface area contributed by atoms with Crippen molar-refractivity contribution >= 4 is 5.97 Å². The molecule has 0 aromatic heterocycles. The minimum Gasteiger partial charge on any atom is -0.469 e. The molecule has 2 heterocycles. The fourth-order valence-corrected chi connectivity index (χ4v) is 2.61. The van der Waals surface area contributed by atoms with E-state index in [1.54, 1.807) is 0 Å². The molecule has 0 radical (unpaired) electrons. The Balaban J connectivity index is 2.05. The van der Waals surface area contributed by atoms with Crippen molar-refractivity contribution in [2.45, 2.75) is 44.2 Å². The number of nitrogens with one attached hydrogen (secondary N) is 1. The number of hydrogen-bond donors (Lipinski definition) is 1. The lowest BCUT2D eigenvalue weighted by Crippen LogP contribution is -2.37. The highest BCUT2D eigenvalue weighted by molar-refractivity contribution is 5.73. The van der Waals surface area contributed by atoms with Gasteiger partial charge in [-0.1, -0.05) is 6.42 Å². The molecule has 74 valence electrons. The van der Waals surface area contributed by atoms with Gasteiger partial charge in [-0.15, -0.1) is 0 Å². The van der Waals surface area contributed by atoms with E-state index in [2.05, 4.69) is 5.32 Å². The quantitative estimate of drug-likeness (QED) is 0.618. The van der Waals surface area contributed by atoms with Crippen LogP contribution in [-0.4, -0.2) is 25.2 Å². The first-order valence-electron chi connectivity index (χ1n) is 5.15. The van der Waals surface area contributed by atoms with Gasteiger partial charge in [0.25, 0.3) is 0 Å². The number of rotatable bonds is 1. The predicted molar refractivity (Wildman–Crippen MR) is 49.3 cm³/mol. The Hall–Kier alpha value is -0.570. The normalized spacial score (nSPS) is 38.4. The third-order valence-corrected chi connectivity index (χ3v) is 3.33. The average Bonchev–Trinajstić information content (AvgIpc) is 2.46. The maximum atomic E-state index is 11.4. The lowest BCUT2D eigenvalue weighted by Gasteiger charge is -2.19. The Morgan fingerprint density at radius 1 is 1.31 bits per heavy atom. The summed E-state index contributed by atoms with van der Waals surface area (Å²) < 4.78 is 4.82. The first-order valence-corrected chi connectivity index (χ1v) is 5.15. The molecule has 0 aromatic carbocycles.